The minimum atomic E-state index is -3.63. The standard InChI is InChI=1S/C11H11Cl2N3O4S/c1-15-11(17)16(10(13)14-15)9-4-3-8(12)5-7(9)6-20-21(2,18)19/h3-5H,6H2,1-2H3. The Bertz CT molecular complexity index is 842. The first-order chi connectivity index (χ1) is 9.69. The Morgan fingerprint density at radius 1 is 1.33 bits per heavy atom. The maximum absolute atomic E-state index is 12.0. The first kappa shape index (κ1) is 16.0. The van der Waals surface area contributed by atoms with Crippen LogP contribution < -0.4 is 5.69 Å². The molecule has 114 valence electrons. The first-order valence-electron chi connectivity index (χ1n) is 5.64. The molecule has 0 amide bonds. The number of rotatable bonds is 4. The number of aryl methyl sites for hydroxylation is 1. The van der Waals surface area contributed by atoms with Gasteiger partial charge < -0.3 is 0 Å². The topological polar surface area (TPSA) is 83.2 Å². The lowest BCUT2D eigenvalue weighted by molar-refractivity contribution is 0.311. The van der Waals surface area contributed by atoms with Crippen molar-refractivity contribution in [1.29, 1.82) is 0 Å². The molecule has 0 saturated heterocycles. The van der Waals surface area contributed by atoms with E-state index in [1.54, 1.807) is 6.07 Å². The number of nitrogens with zero attached hydrogens (tertiary/aromatic N) is 3. The third-order valence-corrected chi connectivity index (χ3v) is 3.62. The van der Waals surface area contributed by atoms with Crippen molar-refractivity contribution in [2.24, 2.45) is 7.05 Å². The van der Waals surface area contributed by atoms with Gasteiger partial charge in [-0.15, -0.1) is 5.10 Å². The molecule has 0 atom stereocenters. The zero-order valence-corrected chi connectivity index (χ0v) is 13.4. The van der Waals surface area contributed by atoms with Crippen molar-refractivity contribution in [2.75, 3.05) is 6.26 Å². The fourth-order valence-electron chi connectivity index (χ4n) is 1.70. The van der Waals surface area contributed by atoms with Crippen molar-refractivity contribution < 1.29 is 12.6 Å². The van der Waals surface area contributed by atoms with Crippen LogP contribution >= 0.6 is 23.2 Å². The van der Waals surface area contributed by atoms with E-state index in [4.69, 9.17) is 27.4 Å². The fraction of sp³-hybridized carbons (Fsp3) is 0.273. The van der Waals surface area contributed by atoms with Gasteiger partial charge in [0.2, 0.25) is 5.28 Å². The molecule has 0 spiro atoms. The van der Waals surface area contributed by atoms with Crippen LogP contribution in [0.15, 0.2) is 23.0 Å². The van der Waals surface area contributed by atoms with E-state index in [1.165, 1.54) is 19.2 Å². The fourth-order valence-corrected chi connectivity index (χ4v) is 2.51. The van der Waals surface area contributed by atoms with Gasteiger partial charge in [-0.25, -0.2) is 14.0 Å². The van der Waals surface area contributed by atoms with Crippen LogP contribution in [0.3, 0.4) is 0 Å². The van der Waals surface area contributed by atoms with Crippen LogP contribution in [0.4, 0.5) is 0 Å². The molecule has 0 radical (unpaired) electrons. The summed E-state index contributed by atoms with van der Waals surface area (Å²) >= 11 is 11.8. The number of hydrogen-bond acceptors (Lipinski definition) is 5. The van der Waals surface area contributed by atoms with Crippen molar-refractivity contribution >= 4 is 33.3 Å². The number of aromatic nitrogens is 3. The van der Waals surface area contributed by atoms with Crippen molar-refractivity contribution in [3.8, 4) is 5.69 Å². The summed E-state index contributed by atoms with van der Waals surface area (Å²) < 4.78 is 29.2. The Hall–Kier alpha value is -1.35. The Labute approximate surface area is 130 Å². The summed E-state index contributed by atoms with van der Waals surface area (Å²) in [6.07, 6.45) is 0.931. The molecular formula is C11H11Cl2N3O4S. The summed E-state index contributed by atoms with van der Waals surface area (Å²) in [6, 6.07) is 4.59. The molecule has 0 aliphatic heterocycles. The maximum atomic E-state index is 12.0. The van der Waals surface area contributed by atoms with Gasteiger partial charge in [0.15, 0.2) is 0 Å². The van der Waals surface area contributed by atoms with E-state index < -0.39 is 15.8 Å². The largest absolute Gasteiger partial charge is 0.351 e. The van der Waals surface area contributed by atoms with Gasteiger partial charge in [0.25, 0.3) is 10.1 Å². The Morgan fingerprint density at radius 2 is 2.00 bits per heavy atom. The highest BCUT2D eigenvalue weighted by molar-refractivity contribution is 7.85. The molecule has 0 N–H and O–H groups in total. The summed E-state index contributed by atoms with van der Waals surface area (Å²) in [5.74, 6) is 0. The lowest BCUT2D eigenvalue weighted by Crippen LogP contribution is -2.22. The third-order valence-electron chi connectivity index (χ3n) is 2.60. The van der Waals surface area contributed by atoms with E-state index in [0.717, 1.165) is 15.5 Å². The van der Waals surface area contributed by atoms with E-state index in [1.807, 2.05) is 0 Å². The number of benzene rings is 1. The van der Waals surface area contributed by atoms with E-state index in [-0.39, 0.29) is 11.9 Å². The SMILES string of the molecule is Cn1nc(Cl)n(-c2ccc(Cl)cc2COS(C)(=O)=O)c1=O. The molecule has 0 fully saturated rings. The van der Waals surface area contributed by atoms with Crippen LogP contribution in [0, 0.1) is 0 Å². The second kappa shape index (κ2) is 5.80. The highest BCUT2D eigenvalue weighted by Crippen LogP contribution is 2.22. The zero-order valence-electron chi connectivity index (χ0n) is 11.1. The molecular weight excluding hydrogens is 341 g/mol. The molecule has 2 rings (SSSR count). The monoisotopic (exact) mass is 351 g/mol. The quantitative estimate of drug-likeness (QED) is 0.776. The van der Waals surface area contributed by atoms with Crippen LogP contribution in [-0.4, -0.2) is 29.0 Å². The second-order valence-corrected chi connectivity index (χ2v) is 6.67. The average molecular weight is 352 g/mol. The van der Waals surface area contributed by atoms with Gasteiger partial charge in [-0.3, -0.25) is 4.18 Å². The van der Waals surface area contributed by atoms with Crippen molar-refractivity contribution in [1.82, 2.24) is 14.3 Å². The van der Waals surface area contributed by atoms with Gasteiger partial charge in [0.1, 0.15) is 0 Å². The molecule has 0 aliphatic carbocycles. The van der Waals surface area contributed by atoms with Crippen LogP contribution in [0.1, 0.15) is 5.56 Å². The molecule has 0 bridgehead atoms. The van der Waals surface area contributed by atoms with E-state index in [0.29, 0.717) is 16.3 Å². The van der Waals surface area contributed by atoms with Crippen LogP contribution in [0.25, 0.3) is 5.69 Å². The number of halogens is 2. The van der Waals surface area contributed by atoms with Gasteiger partial charge in [-0.2, -0.15) is 8.42 Å². The normalized spacial score (nSPS) is 11.8. The van der Waals surface area contributed by atoms with Crippen molar-refractivity contribution in [2.45, 2.75) is 6.61 Å². The predicted octanol–water partition coefficient (Wildman–Crippen LogP) is 1.35. The molecule has 7 nitrogen and oxygen atoms in total. The third kappa shape index (κ3) is 3.65. The Kier molecular flexibility index (Phi) is 4.43. The first-order valence-corrected chi connectivity index (χ1v) is 8.21. The van der Waals surface area contributed by atoms with Gasteiger partial charge in [-0.1, -0.05) is 11.6 Å². The number of hydrogen-bond donors (Lipinski definition) is 0. The lowest BCUT2D eigenvalue weighted by atomic mass is 10.2. The van der Waals surface area contributed by atoms with Gasteiger partial charge >= 0.3 is 5.69 Å². The van der Waals surface area contributed by atoms with E-state index >= 15 is 0 Å². The van der Waals surface area contributed by atoms with Crippen molar-refractivity contribution in [3.05, 3.63) is 44.6 Å². The minimum absolute atomic E-state index is 0.0505. The molecule has 1 aromatic heterocycles. The van der Waals surface area contributed by atoms with Gasteiger partial charge in [0, 0.05) is 17.6 Å². The molecule has 1 heterocycles. The van der Waals surface area contributed by atoms with Crippen LogP contribution in [-0.2, 0) is 28.0 Å². The minimum Gasteiger partial charge on any atom is -0.265 e. The second-order valence-electron chi connectivity index (χ2n) is 4.25. The average Bonchev–Trinajstić information content (AvgIpc) is 2.61. The van der Waals surface area contributed by atoms with Gasteiger partial charge in [-0.05, 0) is 29.8 Å². The van der Waals surface area contributed by atoms with E-state index in [2.05, 4.69) is 5.10 Å². The van der Waals surface area contributed by atoms with E-state index in [9.17, 15) is 13.2 Å². The summed E-state index contributed by atoms with van der Waals surface area (Å²) in [5.41, 5.74) is 0.277. The lowest BCUT2D eigenvalue weighted by Gasteiger charge is -2.10. The smallest absolute Gasteiger partial charge is 0.265 e. The summed E-state index contributed by atoms with van der Waals surface area (Å²) in [7, 11) is -2.18. The highest BCUT2D eigenvalue weighted by atomic mass is 35.5. The Morgan fingerprint density at radius 3 is 2.52 bits per heavy atom. The van der Waals surface area contributed by atoms with Crippen LogP contribution in [0.2, 0.25) is 10.3 Å². The van der Waals surface area contributed by atoms with Crippen molar-refractivity contribution in [3.63, 3.8) is 0 Å². The zero-order chi connectivity index (χ0) is 15.8. The van der Waals surface area contributed by atoms with Crippen LogP contribution in [0.5, 0.6) is 0 Å². The van der Waals surface area contributed by atoms with Gasteiger partial charge in [0.05, 0.1) is 18.6 Å². The molecule has 2 aromatic rings. The summed E-state index contributed by atoms with van der Waals surface area (Å²) in [6.45, 7) is -0.271. The molecule has 0 unspecified atom stereocenters. The molecule has 0 aliphatic rings. The Balaban J connectivity index is 2.56. The molecule has 0 saturated carbocycles. The highest BCUT2D eigenvalue weighted by Gasteiger charge is 2.16. The predicted molar refractivity (Wildman–Crippen MR) is 78.5 cm³/mol. The maximum Gasteiger partial charge on any atom is 0.351 e. The summed E-state index contributed by atoms with van der Waals surface area (Å²) in [4.78, 5) is 12.0. The molecule has 10 heteroatoms. The summed E-state index contributed by atoms with van der Waals surface area (Å²) in [5, 5.41) is 4.12. The molecule has 1 aromatic carbocycles. The molecule has 21 heavy (non-hydrogen) atoms.